The summed E-state index contributed by atoms with van der Waals surface area (Å²) >= 11 is 3.46. The maximum absolute atomic E-state index is 13.1. The molecule has 0 saturated carbocycles. The second-order valence-corrected chi connectivity index (χ2v) is 6.50. The molecule has 0 spiro atoms. The van der Waals surface area contributed by atoms with Crippen LogP contribution in [0.15, 0.2) is 22.7 Å². The highest BCUT2D eigenvalue weighted by molar-refractivity contribution is 9.10. The summed E-state index contributed by atoms with van der Waals surface area (Å²) in [7, 11) is 0. The van der Waals surface area contributed by atoms with Gasteiger partial charge in [0.2, 0.25) is 0 Å². The van der Waals surface area contributed by atoms with Gasteiger partial charge in [0.25, 0.3) is 0 Å². The van der Waals surface area contributed by atoms with Crippen molar-refractivity contribution < 1.29 is 4.39 Å². The molecule has 0 saturated heterocycles. The van der Waals surface area contributed by atoms with Gasteiger partial charge in [-0.15, -0.1) is 0 Å². The van der Waals surface area contributed by atoms with Crippen molar-refractivity contribution in [3.63, 3.8) is 0 Å². The average molecular weight is 330 g/mol. The topological polar surface area (TPSA) is 12.0 Å². The molecular weight excluding hydrogens is 305 g/mol. The Labute approximate surface area is 125 Å². The molecule has 3 heteroatoms. The molecule has 0 heterocycles. The van der Waals surface area contributed by atoms with Gasteiger partial charge in [-0.25, -0.2) is 4.39 Å². The van der Waals surface area contributed by atoms with Gasteiger partial charge in [0, 0.05) is 4.47 Å². The number of halogens is 2. The zero-order valence-corrected chi connectivity index (χ0v) is 13.8. The largest absolute Gasteiger partial charge is 0.316 e. The van der Waals surface area contributed by atoms with Crippen LogP contribution < -0.4 is 5.32 Å². The summed E-state index contributed by atoms with van der Waals surface area (Å²) in [6.07, 6.45) is 3.39. The molecule has 0 aliphatic rings. The molecule has 0 radical (unpaired) electrons. The molecule has 0 aliphatic carbocycles. The molecule has 19 heavy (non-hydrogen) atoms. The minimum absolute atomic E-state index is 0.180. The molecule has 1 N–H and O–H groups in total. The Bertz CT molecular complexity index is 379. The van der Waals surface area contributed by atoms with E-state index in [9.17, 15) is 4.39 Å². The van der Waals surface area contributed by atoms with Gasteiger partial charge in [-0.1, -0.05) is 49.2 Å². The van der Waals surface area contributed by atoms with Crippen LogP contribution in [0.4, 0.5) is 4.39 Å². The van der Waals surface area contributed by atoms with Crippen LogP contribution in [-0.2, 0) is 6.42 Å². The molecule has 1 nitrogen and oxygen atoms in total. The van der Waals surface area contributed by atoms with E-state index in [0.717, 1.165) is 24.0 Å². The summed E-state index contributed by atoms with van der Waals surface area (Å²) in [6.45, 7) is 8.76. The van der Waals surface area contributed by atoms with Gasteiger partial charge in [0.1, 0.15) is 5.82 Å². The molecule has 0 aliphatic heterocycles. The van der Waals surface area contributed by atoms with E-state index < -0.39 is 0 Å². The second kappa shape index (κ2) is 8.70. The fourth-order valence-electron chi connectivity index (χ4n) is 2.26. The molecule has 0 bridgehead atoms. The van der Waals surface area contributed by atoms with E-state index in [1.54, 1.807) is 12.1 Å². The van der Waals surface area contributed by atoms with Crippen LogP contribution in [0.3, 0.4) is 0 Å². The molecule has 0 fully saturated rings. The third-order valence-electron chi connectivity index (χ3n) is 3.21. The monoisotopic (exact) mass is 329 g/mol. The van der Waals surface area contributed by atoms with E-state index in [0.29, 0.717) is 11.8 Å². The summed E-state index contributed by atoms with van der Waals surface area (Å²) in [5.74, 6) is 1.12. The summed E-state index contributed by atoms with van der Waals surface area (Å²) in [4.78, 5) is 0. The zero-order valence-electron chi connectivity index (χ0n) is 12.2. The van der Waals surface area contributed by atoms with Crippen molar-refractivity contribution >= 4 is 15.9 Å². The van der Waals surface area contributed by atoms with Crippen LogP contribution in [0.2, 0.25) is 0 Å². The molecule has 0 aromatic heterocycles. The van der Waals surface area contributed by atoms with Crippen molar-refractivity contribution in [1.29, 1.82) is 0 Å². The molecule has 1 unspecified atom stereocenters. The van der Waals surface area contributed by atoms with E-state index in [1.807, 2.05) is 6.07 Å². The van der Waals surface area contributed by atoms with E-state index in [1.165, 1.54) is 18.4 Å². The highest BCUT2D eigenvalue weighted by Gasteiger charge is 2.11. The van der Waals surface area contributed by atoms with Gasteiger partial charge in [-0.2, -0.15) is 0 Å². The Morgan fingerprint density at radius 1 is 1.26 bits per heavy atom. The van der Waals surface area contributed by atoms with Crippen molar-refractivity contribution in [1.82, 2.24) is 5.32 Å². The lowest BCUT2D eigenvalue weighted by molar-refractivity contribution is 0.420. The van der Waals surface area contributed by atoms with Crippen molar-refractivity contribution in [3.05, 3.63) is 34.1 Å². The molecule has 108 valence electrons. The maximum atomic E-state index is 13.1. The summed E-state index contributed by atoms with van der Waals surface area (Å²) in [6, 6.07) is 5.00. The third kappa shape index (κ3) is 6.53. The summed E-state index contributed by atoms with van der Waals surface area (Å²) < 4.78 is 14.0. The lowest BCUT2D eigenvalue weighted by atomic mass is 9.95. The predicted octanol–water partition coefficient (Wildman–Crippen LogP) is 4.79. The van der Waals surface area contributed by atoms with Crippen molar-refractivity contribution in [3.8, 4) is 0 Å². The molecule has 1 aromatic carbocycles. The standard InChI is InChI=1S/C16H25BrFN/c1-4-5-13(11-19-10-12(2)3)8-14-6-7-15(18)9-16(14)17/h6-7,9,12-13,19H,4-5,8,10-11H2,1-3H3. The second-order valence-electron chi connectivity index (χ2n) is 5.65. The van der Waals surface area contributed by atoms with Crippen molar-refractivity contribution in [2.75, 3.05) is 13.1 Å². The highest BCUT2D eigenvalue weighted by atomic mass is 79.9. The predicted molar refractivity (Wildman–Crippen MR) is 83.9 cm³/mol. The van der Waals surface area contributed by atoms with Crippen LogP contribution in [0, 0.1) is 17.7 Å². The normalized spacial score (nSPS) is 12.9. The summed E-state index contributed by atoms with van der Waals surface area (Å²) in [5, 5.41) is 3.53. The fourth-order valence-corrected chi connectivity index (χ4v) is 2.77. The third-order valence-corrected chi connectivity index (χ3v) is 3.94. The van der Waals surface area contributed by atoms with E-state index in [2.05, 4.69) is 42.0 Å². The van der Waals surface area contributed by atoms with Crippen molar-refractivity contribution in [2.45, 2.75) is 40.0 Å². The lowest BCUT2D eigenvalue weighted by Gasteiger charge is -2.18. The minimum Gasteiger partial charge on any atom is -0.316 e. The highest BCUT2D eigenvalue weighted by Crippen LogP contribution is 2.22. The molecule has 1 atom stereocenters. The smallest absolute Gasteiger partial charge is 0.124 e. The quantitative estimate of drug-likeness (QED) is 0.722. The Morgan fingerprint density at radius 3 is 2.58 bits per heavy atom. The number of hydrogen-bond donors (Lipinski definition) is 1. The molecular formula is C16H25BrFN. The Kier molecular flexibility index (Phi) is 7.62. The average Bonchev–Trinajstić information content (AvgIpc) is 2.32. The van der Waals surface area contributed by atoms with E-state index in [4.69, 9.17) is 0 Å². The Hall–Kier alpha value is -0.410. The zero-order chi connectivity index (χ0) is 14.3. The van der Waals surface area contributed by atoms with Crippen molar-refractivity contribution in [2.24, 2.45) is 11.8 Å². The fraction of sp³-hybridized carbons (Fsp3) is 0.625. The number of benzene rings is 1. The first-order chi connectivity index (χ1) is 9.02. The van der Waals surface area contributed by atoms with Gasteiger partial charge in [-0.05, 0) is 55.5 Å². The first kappa shape index (κ1) is 16.6. The van der Waals surface area contributed by atoms with Gasteiger partial charge in [0.05, 0.1) is 0 Å². The maximum Gasteiger partial charge on any atom is 0.124 e. The Balaban J connectivity index is 2.56. The molecule has 1 aromatic rings. The first-order valence-corrected chi connectivity index (χ1v) is 7.96. The molecule has 0 amide bonds. The van der Waals surface area contributed by atoms with Crippen LogP contribution in [0.5, 0.6) is 0 Å². The Morgan fingerprint density at radius 2 is 2.00 bits per heavy atom. The number of rotatable bonds is 8. The van der Waals surface area contributed by atoms with E-state index >= 15 is 0 Å². The van der Waals surface area contributed by atoms with Crippen LogP contribution in [0.1, 0.15) is 39.2 Å². The van der Waals surface area contributed by atoms with Gasteiger partial charge < -0.3 is 5.32 Å². The first-order valence-electron chi connectivity index (χ1n) is 7.17. The lowest BCUT2D eigenvalue weighted by Crippen LogP contribution is -2.27. The minimum atomic E-state index is -0.180. The van der Waals surface area contributed by atoms with Gasteiger partial charge in [0.15, 0.2) is 0 Å². The van der Waals surface area contributed by atoms with Crippen LogP contribution in [-0.4, -0.2) is 13.1 Å². The van der Waals surface area contributed by atoms with Crippen LogP contribution in [0.25, 0.3) is 0 Å². The molecule has 1 rings (SSSR count). The number of nitrogens with one attached hydrogen (secondary N) is 1. The van der Waals surface area contributed by atoms with Gasteiger partial charge in [-0.3, -0.25) is 0 Å². The van der Waals surface area contributed by atoms with Gasteiger partial charge >= 0.3 is 0 Å². The van der Waals surface area contributed by atoms with Crippen LogP contribution >= 0.6 is 15.9 Å². The number of hydrogen-bond acceptors (Lipinski definition) is 1. The summed E-state index contributed by atoms with van der Waals surface area (Å²) in [5.41, 5.74) is 1.20. The van der Waals surface area contributed by atoms with E-state index in [-0.39, 0.29) is 5.82 Å². The SMILES string of the molecule is CCCC(CNCC(C)C)Cc1ccc(F)cc1Br.